The Labute approximate surface area is 173 Å². The van der Waals surface area contributed by atoms with E-state index < -0.39 is 5.41 Å². The molecule has 152 valence electrons. The van der Waals surface area contributed by atoms with E-state index in [1.165, 1.54) is 11.6 Å². The molecule has 4 heteroatoms. The van der Waals surface area contributed by atoms with Crippen LogP contribution in [0.1, 0.15) is 43.2 Å². The largest absolute Gasteiger partial charge is 0.327 e. The second kappa shape index (κ2) is 8.65. The Bertz CT molecular complexity index is 854. The van der Waals surface area contributed by atoms with Gasteiger partial charge >= 0.3 is 0 Å². The molecule has 0 radical (unpaired) electrons. The molecule has 1 aliphatic carbocycles. The summed E-state index contributed by atoms with van der Waals surface area (Å²) in [4.78, 5) is 2.47. The van der Waals surface area contributed by atoms with E-state index in [0.29, 0.717) is 0 Å². The number of likely N-dealkylation sites (tertiary alicyclic amines) is 1. The number of halogens is 1. The standard InChI is InChI=1S/C25H30FN3/c26-22-9-4-8-21(16-22)25(18-27,23-10-5-11-24(23)28)20-12-14-29(15-13-20)17-19-6-2-1-3-7-19/h1-4,6-9,16,20,23-24H,5,10-15,17,28H2. The van der Waals surface area contributed by atoms with Crippen LogP contribution in [-0.4, -0.2) is 24.0 Å². The number of nitrogens with two attached hydrogens (primary N) is 1. The molecular formula is C25H30FN3. The zero-order valence-corrected chi connectivity index (χ0v) is 16.9. The van der Waals surface area contributed by atoms with Crippen molar-refractivity contribution < 1.29 is 4.39 Å². The lowest BCUT2D eigenvalue weighted by Gasteiger charge is -2.45. The molecule has 2 fully saturated rings. The van der Waals surface area contributed by atoms with Gasteiger partial charge in [0.05, 0.1) is 11.5 Å². The van der Waals surface area contributed by atoms with Gasteiger partial charge in [-0.1, -0.05) is 48.9 Å². The van der Waals surface area contributed by atoms with Crippen molar-refractivity contribution in [1.82, 2.24) is 4.90 Å². The second-order valence-electron chi connectivity index (χ2n) is 8.73. The monoisotopic (exact) mass is 391 g/mol. The minimum Gasteiger partial charge on any atom is -0.327 e. The van der Waals surface area contributed by atoms with Crippen LogP contribution in [0.2, 0.25) is 0 Å². The summed E-state index contributed by atoms with van der Waals surface area (Å²) < 4.78 is 14.1. The number of nitrogens with zero attached hydrogens (tertiary/aromatic N) is 2. The van der Waals surface area contributed by atoms with Crippen LogP contribution < -0.4 is 5.73 Å². The van der Waals surface area contributed by atoms with E-state index in [9.17, 15) is 9.65 Å². The highest BCUT2D eigenvalue weighted by Gasteiger charge is 2.51. The third-order valence-electron chi connectivity index (χ3n) is 7.12. The first-order valence-electron chi connectivity index (χ1n) is 10.8. The van der Waals surface area contributed by atoms with Crippen molar-refractivity contribution >= 4 is 0 Å². The Morgan fingerprint density at radius 3 is 2.41 bits per heavy atom. The number of hydrogen-bond acceptors (Lipinski definition) is 3. The molecule has 3 atom stereocenters. The zero-order chi connectivity index (χ0) is 20.3. The summed E-state index contributed by atoms with van der Waals surface area (Å²) in [6.07, 6.45) is 4.85. The summed E-state index contributed by atoms with van der Waals surface area (Å²) in [5, 5.41) is 10.5. The molecule has 2 aliphatic rings. The van der Waals surface area contributed by atoms with Gasteiger partial charge in [-0.3, -0.25) is 4.90 Å². The molecule has 4 rings (SSSR count). The fraction of sp³-hybridized carbons (Fsp3) is 0.480. The molecular weight excluding hydrogens is 361 g/mol. The van der Waals surface area contributed by atoms with E-state index in [1.807, 2.05) is 12.1 Å². The van der Waals surface area contributed by atoms with Gasteiger partial charge in [0, 0.05) is 12.6 Å². The maximum Gasteiger partial charge on any atom is 0.123 e. The highest BCUT2D eigenvalue weighted by molar-refractivity contribution is 5.37. The maximum atomic E-state index is 14.1. The summed E-state index contributed by atoms with van der Waals surface area (Å²) in [6.45, 7) is 2.86. The lowest BCUT2D eigenvalue weighted by molar-refractivity contribution is 0.110. The summed E-state index contributed by atoms with van der Waals surface area (Å²) in [5.74, 6) is 0.0330. The topological polar surface area (TPSA) is 53.0 Å². The molecule has 3 unspecified atom stereocenters. The molecule has 1 saturated carbocycles. The first kappa shape index (κ1) is 20.1. The first-order chi connectivity index (χ1) is 14.1. The van der Waals surface area contributed by atoms with E-state index in [2.05, 4.69) is 35.2 Å². The molecule has 29 heavy (non-hydrogen) atoms. The van der Waals surface area contributed by atoms with Crippen molar-refractivity contribution in [3.63, 3.8) is 0 Å². The molecule has 0 amide bonds. The van der Waals surface area contributed by atoms with Crippen molar-refractivity contribution in [2.75, 3.05) is 13.1 Å². The van der Waals surface area contributed by atoms with Gasteiger partial charge in [0.1, 0.15) is 5.82 Å². The van der Waals surface area contributed by atoms with Crippen molar-refractivity contribution in [3.8, 4) is 6.07 Å². The van der Waals surface area contributed by atoms with Gasteiger partial charge in [0.15, 0.2) is 0 Å². The quantitative estimate of drug-likeness (QED) is 0.809. The Morgan fingerprint density at radius 2 is 1.79 bits per heavy atom. The summed E-state index contributed by atoms with van der Waals surface area (Å²) in [5.41, 5.74) is 7.94. The van der Waals surface area contributed by atoms with E-state index in [4.69, 9.17) is 5.73 Å². The Morgan fingerprint density at radius 1 is 1.03 bits per heavy atom. The molecule has 0 spiro atoms. The van der Waals surface area contributed by atoms with Gasteiger partial charge in [-0.25, -0.2) is 4.39 Å². The fourth-order valence-corrected chi connectivity index (χ4v) is 5.68. The van der Waals surface area contributed by atoms with Gasteiger partial charge in [0.25, 0.3) is 0 Å². The fourth-order valence-electron chi connectivity index (χ4n) is 5.68. The predicted octanol–water partition coefficient (Wildman–Crippen LogP) is 4.63. The minimum atomic E-state index is -0.698. The molecule has 0 bridgehead atoms. The number of nitriles is 1. The zero-order valence-electron chi connectivity index (χ0n) is 16.9. The number of piperidine rings is 1. The van der Waals surface area contributed by atoms with E-state index >= 15 is 0 Å². The minimum absolute atomic E-state index is 0.0141. The van der Waals surface area contributed by atoms with Crippen molar-refractivity contribution in [2.24, 2.45) is 17.6 Å². The third-order valence-corrected chi connectivity index (χ3v) is 7.12. The van der Waals surface area contributed by atoms with Gasteiger partial charge in [-0.15, -0.1) is 0 Å². The Balaban J connectivity index is 1.58. The summed E-state index contributed by atoms with van der Waals surface area (Å²) in [6, 6.07) is 19.9. The number of rotatable bonds is 5. The van der Waals surface area contributed by atoms with Crippen molar-refractivity contribution in [2.45, 2.75) is 50.1 Å². The van der Waals surface area contributed by atoms with E-state index in [1.54, 1.807) is 12.1 Å². The highest BCUT2D eigenvalue weighted by Crippen LogP contribution is 2.49. The lowest BCUT2D eigenvalue weighted by atomic mass is 9.59. The highest BCUT2D eigenvalue weighted by atomic mass is 19.1. The Hall–Kier alpha value is -2.22. The molecule has 1 aliphatic heterocycles. The van der Waals surface area contributed by atoms with Gasteiger partial charge in [0.2, 0.25) is 0 Å². The average molecular weight is 392 g/mol. The van der Waals surface area contributed by atoms with Gasteiger partial charge in [-0.2, -0.15) is 5.26 Å². The SMILES string of the molecule is N#CC(c1cccc(F)c1)(C1CCN(Cc2ccccc2)CC1)C1CCCC1N. The number of hydrogen-bond donors (Lipinski definition) is 1. The average Bonchev–Trinajstić information content (AvgIpc) is 3.17. The van der Waals surface area contributed by atoms with E-state index in [-0.39, 0.29) is 23.7 Å². The van der Waals surface area contributed by atoms with Crippen LogP contribution in [0.4, 0.5) is 4.39 Å². The lowest BCUT2D eigenvalue weighted by Crippen LogP contribution is -2.50. The van der Waals surface area contributed by atoms with Crippen LogP contribution >= 0.6 is 0 Å². The smallest absolute Gasteiger partial charge is 0.123 e. The third kappa shape index (κ3) is 3.95. The first-order valence-corrected chi connectivity index (χ1v) is 10.8. The van der Waals surface area contributed by atoms with Gasteiger partial charge in [-0.05, 0) is 73.9 Å². The van der Waals surface area contributed by atoms with Crippen LogP contribution in [-0.2, 0) is 12.0 Å². The summed E-state index contributed by atoms with van der Waals surface area (Å²) >= 11 is 0. The van der Waals surface area contributed by atoms with Crippen molar-refractivity contribution in [1.29, 1.82) is 5.26 Å². The van der Waals surface area contributed by atoms with E-state index in [0.717, 1.165) is 57.3 Å². The molecule has 2 aromatic carbocycles. The normalized spacial score (nSPS) is 25.4. The molecule has 1 saturated heterocycles. The van der Waals surface area contributed by atoms with Crippen LogP contribution in [0.3, 0.4) is 0 Å². The van der Waals surface area contributed by atoms with Crippen LogP contribution in [0.5, 0.6) is 0 Å². The van der Waals surface area contributed by atoms with Crippen molar-refractivity contribution in [3.05, 3.63) is 71.5 Å². The molecule has 1 heterocycles. The maximum absolute atomic E-state index is 14.1. The van der Waals surface area contributed by atoms with Gasteiger partial charge < -0.3 is 5.73 Å². The molecule has 2 N–H and O–H groups in total. The van der Waals surface area contributed by atoms with Crippen LogP contribution in [0.15, 0.2) is 54.6 Å². The predicted molar refractivity (Wildman–Crippen MR) is 113 cm³/mol. The summed E-state index contributed by atoms with van der Waals surface area (Å²) in [7, 11) is 0. The molecule has 3 nitrogen and oxygen atoms in total. The van der Waals surface area contributed by atoms with Crippen LogP contribution in [0, 0.1) is 29.0 Å². The molecule has 2 aromatic rings. The Kier molecular flexibility index (Phi) is 5.99. The number of benzene rings is 2. The second-order valence-corrected chi connectivity index (χ2v) is 8.73. The van der Waals surface area contributed by atoms with Crippen LogP contribution in [0.25, 0.3) is 0 Å². The molecule has 0 aromatic heterocycles.